The van der Waals surface area contributed by atoms with Gasteiger partial charge in [-0.2, -0.15) is 11.8 Å². The van der Waals surface area contributed by atoms with E-state index in [1.54, 1.807) is 12.1 Å². The molecule has 1 aromatic rings. The van der Waals surface area contributed by atoms with Crippen LogP contribution < -0.4 is 14.9 Å². The van der Waals surface area contributed by atoms with Gasteiger partial charge in [-0.1, -0.05) is 6.07 Å². The zero-order valence-electron chi connectivity index (χ0n) is 18.0. The van der Waals surface area contributed by atoms with Gasteiger partial charge in [0.25, 0.3) is 0 Å². The van der Waals surface area contributed by atoms with Gasteiger partial charge < -0.3 is 15.0 Å². The summed E-state index contributed by atoms with van der Waals surface area (Å²) in [5.74, 6) is -0.221. The number of sulfonamides is 1. The Kier molecular flexibility index (Phi) is 9.39. The van der Waals surface area contributed by atoms with Crippen molar-refractivity contribution in [3.63, 3.8) is 0 Å². The molecule has 0 aromatic heterocycles. The zero-order chi connectivity index (χ0) is 22.3. The van der Waals surface area contributed by atoms with Gasteiger partial charge >= 0.3 is 0 Å². The van der Waals surface area contributed by atoms with E-state index < -0.39 is 22.0 Å². The van der Waals surface area contributed by atoms with Crippen LogP contribution in [0.3, 0.4) is 0 Å². The van der Waals surface area contributed by atoms with Crippen LogP contribution in [-0.4, -0.2) is 63.4 Å². The summed E-state index contributed by atoms with van der Waals surface area (Å²) in [6.07, 6.45) is 2.32. The Hall–Kier alpha value is -1.36. The smallest absolute Gasteiger partial charge is 0.238 e. The van der Waals surface area contributed by atoms with Gasteiger partial charge in [-0.25, -0.2) is 17.5 Å². The lowest BCUT2D eigenvalue weighted by Gasteiger charge is -2.37. The Morgan fingerprint density at radius 2 is 2.00 bits per heavy atom. The number of benzene rings is 1. The molecule has 2 rings (SSSR count). The number of carbonyl (C=O) groups is 1. The highest BCUT2D eigenvalue weighted by Crippen LogP contribution is 2.24. The molecule has 7 nitrogen and oxygen atoms in total. The molecule has 0 radical (unpaired) electrons. The van der Waals surface area contributed by atoms with Crippen LogP contribution in [0.15, 0.2) is 18.2 Å². The second-order valence-electron chi connectivity index (χ2n) is 7.52. The van der Waals surface area contributed by atoms with E-state index in [2.05, 4.69) is 10.0 Å². The molecule has 3 unspecified atom stereocenters. The van der Waals surface area contributed by atoms with Crippen LogP contribution in [0.2, 0.25) is 0 Å². The maximum Gasteiger partial charge on any atom is 0.238 e. The number of nitrogens with one attached hydrogen (secondary N) is 2. The van der Waals surface area contributed by atoms with Gasteiger partial charge in [-0.15, -0.1) is 0 Å². The van der Waals surface area contributed by atoms with Gasteiger partial charge in [0.2, 0.25) is 15.9 Å². The summed E-state index contributed by atoms with van der Waals surface area (Å²) in [5, 5.41) is 2.72. The number of ether oxygens (including phenoxy) is 1. The Labute approximate surface area is 183 Å². The van der Waals surface area contributed by atoms with Crippen LogP contribution in [0, 0.1) is 5.82 Å². The van der Waals surface area contributed by atoms with Gasteiger partial charge in [0, 0.05) is 19.6 Å². The molecule has 1 fully saturated rings. The number of rotatable bonds is 10. The molecule has 1 aromatic carbocycles. The van der Waals surface area contributed by atoms with Gasteiger partial charge in [-0.05, 0) is 56.9 Å². The average Bonchev–Trinajstić information content (AvgIpc) is 2.68. The predicted octanol–water partition coefficient (Wildman–Crippen LogP) is 2.12. The first-order valence-electron chi connectivity index (χ1n) is 10.1. The monoisotopic (exact) mass is 461 g/mol. The van der Waals surface area contributed by atoms with Gasteiger partial charge in [-0.3, -0.25) is 4.79 Å². The van der Waals surface area contributed by atoms with Gasteiger partial charge in [0.1, 0.15) is 11.9 Å². The number of carbonyl (C=O) groups excluding carboxylic acids is 1. The minimum Gasteiger partial charge on any atom is -0.372 e. The van der Waals surface area contributed by atoms with Crippen molar-refractivity contribution >= 4 is 33.4 Å². The summed E-state index contributed by atoms with van der Waals surface area (Å²) in [4.78, 5) is 14.5. The van der Waals surface area contributed by atoms with Crippen LogP contribution in [0.25, 0.3) is 0 Å². The van der Waals surface area contributed by atoms with Crippen LogP contribution >= 0.6 is 11.8 Å². The molecule has 30 heavy (non-hydrogen) atoms. The van der Waals surface area contributed by atoms with Crippen LogP contribution in [0.5, 0.6) is 0 Å². The molecule has 1 saturated heterocycles. The number of halogens is 1. The van der Waals surface area contributed by atoms with E-state index in [-0.39, 0.29) is 30.3 Å². The molecule has 0 saturated carbocycles. The molecule has 0 spiro atoms. The van der Waals surface area contributed by atoms with Gasteiger partial charge in [0.15, 0.2) is 0 Å². The second kappa shape index (κ2) is 11.3. The summed E-state index contributed by atoms with van der Waals surface area (Å²) in [6, 6.07) is 4.05. The summed E-state index contributed by atoms with van der Waals surface area (Å²) in [5.41, 5.74) is 1.13. The van der Waals surface area contributed by atoms with E-state index in [9.17, 15) is 17.6 Å². The quantitative estimate of drug-likeness (QED) is 0.555. The zero-order valence-corrected chi connectivity index (χ0v) is 19.6. The third-order valence-corrected chi connectivity index (χ3v) is 6.92. The molecule has 170 valence electrons. The molecule has 0 aliphatic carbocycles. The first-order valence-corrected chi connectivity index (χ1v) is 13.1. The molecule has 1 heterocycles. The van der Waals surface area contributed by atoms with Crippen LogP contribution in [0.4, 0.5) is 10.1 Å². The Balaban J connectivity index is 2.01. The fourth-order valence-electron chi connectivity index (χ4n) is 3.38. The molecule has 1 aliphatic rings. The molecule has 10 heteroatoms. The van der Waals surface area contributed by atoms with E-state index in [4.69, 9.17) is 4.74 Å². The lowest BCUT2D eigenvalue weighted by molar-refractivity contribution is -0.122. The number of anilines is 1. The van der Waals surface area contributed by atoms with Crippen molar-refractivity contribution < 1.29 is 22.3 Å². The second-order valence-corrected chi connectivity index (χ2v) is 10.5. The number of amides is 1. The minimum absolute atomic E-state index is 0.0252. The largest absolute Gasteiger partial charge is 0.372 e. The van der Waals surface area contributed by atoms with E-state index in [0.29, 0.717) is 36.5 Å². The topological polar surface area (TPSA) is 87.7 Å². The van der Waals surface area contributed by atoms with Crippen LogP contribution in [0.1, 0.15) is 32.8 Å². The highest BCUT2D eigenvalue weighted by Gasteiger charge is 2.25. The number of morpholine rings is 1. The standard InChI is InChI=1S/C20H32FN3O4S2/c1-5-30(26,27)23-18(8-9-29-4)20(25)22-11-16-6-7-19(17(21)10-16)24-12-14(2)28-15(3)13-24/h6-7,10,14-15,18,23H,5,8-9,11-13H2,1-4H3,(H,22,25). The molecule has 2 N–H and O–H groups in total. The van der Waals surface area contributed by atoms with Crippen molar-refractivity contribution in [2.45, 2.75) is 52.0 Å². The van der Waals surface area contributed by atoms with Crippen LogP contribution in [-0.2, 0) is 26.1 Å². The predicted molar refractivity (Wildman–Crippen MR) is 120 cm³/mol. The first kappa shape index (κ1) is 24.9. The van der Waals surface area contributed by atoms with Gasteiger partial charge in [0.05, 0.1) is 23.6 Å². The van der Waals surface area contributed by atoms with Crippen molar-refractivity contribution in [2.24, 2.45) is 0 Å². The normalized spacial score (nSPS) is 20.8. The SMILES string of the molecule is CCS(=O)(=O)NC(CCSC)C(=O)NCc1ccc(N2CC(C)OC(C)C2)c(F)c1. The highest BCUT2D eigenvalue weighted by atomic mass is 32.2. The van der Waals surface area contributed by atoms with Crippen molar-refractivity contribution in [1.82, 2.24) is 10.0 Å². The fourth-order valence-corrected chi connectivity index (χ4v) is 4.68. The van der Waals surface area contributed by atoms with Crippen molar-refractivity contribution in [3.05, 3.63) is 29.6 Å². The number of hydrogen-bond donors (Lipinski definition) is 2. The molecular formula is C20H32FN3O4S2. The molecule has 1 amide bonds. The Bertz CT molecular complexity index is 812. The number of hydrogen-bond acceptors (Lipinski definition) is 6. The van der Waals surface area contributed by atoms with Crippen molar-refractivity contribution in [3.8, 4) is 0 Å². The summed E-state index contributed by atoms with van der Waals surface area (Å²) in [7, 11) is -3.51. The lowest BCUT2D eigenvalue weighted by atomic mass is 10.1. The lowest BCUT2D eigenvalue weighted by Crippen LogP contribution is -2.47. The number of thioether (sulfide) groups is 1. The Morgan fingerprint density at radius 3 is 2.57 bits per heavy atom. The minimum atomic E-state index is -3.51. The molecule has 3 atom stereocenters. The summed E-state index contributed by atoms with van der Waals surface area (Å²) >= 11 is 1.53. The van der Waals surface area contributed by atoms with E-state index >= 15 is 0 Å². The summed E-state index contributed by atoms with van der Waals surface area (Å²) < 4.78 is 46.6. The third kappa shape index (κ3) is 7.40. The third-order valence-electron chi connectivity index (χ3n) is 4.87. The van der Waals surface area contributed by atoms with E-state index in [1.807, 2.05) is 25.0 Å². The number of nitrogens with zero attached hydrogens (tertiary/aromatic N) is 1. The molecule has 0 bridgehead atoms. The maximum atomic E-state index is 14.7. The summed E-state index contributed by atoms with van der Waals surface area (Å²) in [6.45, 7) is 6.80. The first-order chi connectivity index (χ1) is 14.1. The molecule has 1 aliphatic heterocycles. The van der Waals surface area contributed by atoms with Crippen molar-refractivity contribution in [2.75, 3.05) is 35.8 Å². The molecular weight excluding hydrogens is 429 g/mol. The maximum absolute atomic E-state index is 14.7. The average molecular weight is 462 g/mol. The van der Waals surface area contributed by atoms with E-state index in [1.165, 1.54) is 24.8 Å². The Morgan fingerprint density at radius 1 is 1.33 bits per heavy atom. The van der Waals surface area contributed by atoms with E-state index in [0.717, 1.165) is 0 Å². The van der Waals surface area contributed by atoms with Crippen molar-refractivity contribution in [1.29, 1.82) is 0 Å². The fraction of sp³-hybridized carbons (Fsp3) is 0.650. The highest BCUT2D eigenvalue weighted by molar-refractivity contribution is 7.98.